The van der Waals surface area contributed by atoms with Crippen molar-refractivity contribution in [2.24, 2.45) is 9.98 Å². The van der Waals surface area contributed by atoms with E-state index in [1.165, 1.54) is 16.3 Å². The van der Waals surface area contributed by atoms with Crippen LogP contribution in [0.25, 0.3) is 55.0 Å². The molecule has 224 valence electrons. The maximum absolute atomic E-state index is 6.74. The van der Waals surface area contributed by atoms with Crippen LogP contribution in [0.4, 0.5) is 0 Å². The standard InChI is InChI=1S/C44H32N2O/c1-30(46-44(45-29-31-13-5-2-6-14-31)36-23-21-33(22-24-36)32-15-7-3-8-16-32)37-26-27-39(34-17-9-4-10-18-34)42-41-38-20-12-11-19-35(38)25-28-40(41)47-43(37)42/h2-28H,29H2,1H3. The van der Waals surface area contributed by atoms with Crippen molar-refractivity contribution in [3.05, 3.63) is 180 Å². The lowest BCUT2D eigenvalue weighted by atomic mass is 9.94. The third-order valence-electron chi connectivity index (χ3n) is 8.76. The van der Waals surface area contributed by atoms with Gasteiger partial charge in [0.25, 0.3) is 0 Å². The fourth-order valence-electron chi connectivity index (χ4n) is 6.39. The normalized spacial score (nSPS) is 12.3. The average molecular weight is 605 g/mol. The predicted molar refractivity (Wildman–Crippen MR) is 197 cm³/mol. The van der Waals surface area contributed by atoms with Crippen LogP contribution in [0.5, 0.6) is 0 Å². The van der Waals surface area contributed by atoms with Gasteiger partial charge in [-0.15, -0.1) is 0 Å². The Hall–Kier alpha value is -6.06. The maximum atomic E-state index is 6.74. The topological polar surface area (TPSA) is 37.9 Å². The molecule has 0 fully saturated rings. The number of amidine groups is 1. The number of fused-ring (bicyclic) bond motifs is 5. The van der Waals surface area contributed by atoms with Gasteiger partial charge in [-0.3, -0.25) is 4.99 Å². The summed E-state index contributed by atoms with van der Waals surface area (Å²) in [5.41, 5.74) is 10.2. The van der Waals surface area contributed by atoms with Gasteiger partial charge < -0.3 is 4.42 Å². The molecular formula is C44H32N2O. The molecule has 0 atom stereocenters. The summed E-state index contributed by atoms with van der Waals surface area (Å²) in [4.78, 5) is 10.3. The Morgan fingerprint density at radius 3 is 1.94 bits per heavy atom. The summed E-state index contributed by atoms with van der Waals surface area (Å²) in [5.74, 6) is 0.688. The van der Waals surface area contributed by atoms with Crippen molar-refractivity contribution < 1.29 is 4.42 Å². The Balaban J connectivity index is 1.30. The predicted octanol–water partition coefficient (Wildman–Crippen LogP) is 11.5. The van der Waals surface area contributed by atoms with Crippen LogP contribution in [0, 0.1) is 0 Å². The zero-order chi connectivity index (χ0) is 31.6. The molecule has 8 aromatic rings. The van der Waals surface area contributed by atoms with Crippen LogP contribution in [-0.2, 0) is 6.54 Å². The highest BCUT2D eigenvalue weighted by Gasteiger charge is 2.20. The highest BCUT2D eigenvalue weighted by atomic mass is 16.3. The van der Waals surface area contributed by atoms with Crippen molar-refractivity contribution in [1.82, 2.24) is 0 Å². The quantitative estimate of drug-likeness (QED) is 0.137. The van der Waals surface area contributed by atoms with Crippen molar-refractivity contribution in [2.75, 3.05) is 0 Å². The van der Waals surface area contributed by atoms with Gasteiger partial charge in [0.1, 0.15) is 11.2 Å². The fourth-order valence-corrected chi connectivity index (χ4v) is 6.39. The monoisotopic (exact) mass is 604 g/mol. The molecule has 8 rings (SSSR count). The van der Waals surface area contributed by atoms with Gasteiger partial charge in [-0.1, -0.05) is 152 Å². The van der Waals surface area contributed by atoms with Gasteiger partial charge in [0, 0.05) is 21.9 Å². The van der Waals surface area contributed by atoms with E-state index in [9.17, 15) is 0 Å². The Morgan fingerprint density at radius 2 is 1.19 bits per heavy atom. The third-order valence-corrected chi connectivity index (χ3v) is 8.76. The maximum Gasteiger partial charge on any atom is 0.155 e. The van der Waals surface area contributed by atoms with Crippen molar-refractivity contribution in [1.29, 1.82) is 0 Å². The molecule has 1 heterocycles. The summed E-state index contributed by atoms with van der Waals surface area (Å²) in [6.07, 6.45) is 0. The molecule has 0 amide bonds. The molecular weight excluding hydrogens is 572 g/mol. The molecule has 3 nitrogen and oxygen atoms in total. The van der Waals surface area contributed by atoms with Gasteiger partial charge in [-0.25, -0.2) is 4.99 Å². The summed E-state index contributed by atoms with van der Waals surface area (Å²) >= 11 is 0. The zero-order valence-electron chi connectivity index (χ0n) is 26.1. The van der Waals surface area contributed by atoms with Crippen molar-refractivity contribution in [3.63, 3.8) is 0 Å². The first-order valence-electron chi connectivity index (χ1n) is 16.0. The lowest BCUT2D eigenvalue weighted by molar-refractivity contribution is 0.668. The number of hydrogen-bond donors (Lipinski definition) is 0. The minimum absolute atomic E-state index is 0.534. The summed E-state index contributed by atoms with van der Waals surface area (Å²) in [5, 5.41) is 4.59. The molecule has 0 saturated heterocycles. The molecule has 0 bridgehead atoms. The SMILES string of the molecule is CC(=NC(=NCc1ccccc1)c1ccc(-c2ccccc2)cc1)c1ccc(-c2ccccc2)c2c1oc1ccc3ccccc3c12. The van der Waals surface area contributed by atoms with E-state index >= 15 is 0 Å². The van der Waals surface area contributed by atoms with E-state index in [1.807, 2.05) is 24.3 Å². The molecule has 0 N–H and O–H groups in total. The molecule has 7 aromatic carbocycles. The number of furan rings is 1. The average Bonchev–Trinajstić information content (AvgIpc) is 3.54. The minimum Gasteiger partial charge on any atom is -0.455 e. The number of nitrogens with zero attached hydrogens (tertiary/aromatic N) is 2. The first kappa shape index (κ1) is 28.4. The van der Waals surface area contributed by atoms with Crippen LogP contribution in [0.1, 0.15) is 23.6 Å². The van der Waals surface area contributed by atoms with Crippen molar-refractivity contribution in [2.45, 2.75) is 13.5 Å². The van der Waals surface area contributed by atoms with Gasteiger partial charge in [0.15, 0.2) is 5.84 Å². The van der Waals surface area contributed by atoms with Gasteiger partial charge in [-0.2, -0.15) is 0 Å². The van der Waals surface area contributed by atoms with Crippen LogP contribution in [0.3, 0.4) is 0 Å². The summed E-state index contributed by atoms with van der Waals surface area (Å²) < 4.78 is 6.74. The number of rotatable bonds is 6. The molecule has 0 unspecified atom stereocenters. The molecule has 0 aliphatic rings. The van der Waals surface area contributed by atoms with Crippen LogP contribution < -0.4 is 0 Å². The second-order valence-electron chi connectivity index (χ2n) is 11.8. The minimum atomic E-state index is 0.534. The zero-order valence-corrected chi connectivity index (χ0v) is 26.1. The Kier molecular flexibility index (Phi) is 7.49. The number of benzene rings is 7. The highest BCUT2D eigenvalue weighted by Crippen LogP contribution is 2.41. The van der Waals surface area contributed by atoms with Crippen molar-refractivity contribution in [3.8, 4) is 22.3 Å². The molecule has 0 radical (unpaired) electrons. The van der Waals surface area contributed by atoms with E-state index in [4.69, 9.17) is 14.4 Å². The summed E-state index contributed by atoms with van der Waals surface area (Å²) in [7, 11) is 0. The molecule has 0 spiro atoms. The lowest BCUT2D eigenvalue weighted by Crippen LogP contribution is -2.05. The fraction of sp³-hybridized carbons (Fsp3) is 0.0455. The van der Waals surface area contributed by atoms with Crippen LogP contribution in [0.15, 0.2) is 178 Å². The summed E-state index contributed by atoms with van der Waals surface area (Å²) in [6, 6.07) is 56.9. The molecule has 0 aliphatic carbocycles. The molecule has 1 aromatic heterocycles. The number of hydrogen-bond acceptors (Lipinski definition) is 2. The van der Waals surface area contributed by atoms with Gasteiger partial charge in [0.05, 0.1) is 12.3 Å². The van der Waals surface area contributed by atoms with E-state index in [-0.39, 0.29) is 0 Å². The van der Waals surface area contributed by atoms with Gasteiger partial charge in [-0.05, 0) is 57.6 Å². The summed E-state index contributed by atoms with van der Waals surface area (Å²) in [6.45, 7) is 2.59. The Morgan fingerprint density at radius 1 is 0.553 bits per heavy atom. The van der Waals surface area contributed by atoms with E-state index in [0.717, 1.165) is 61.0 Å². The largest absolute Gasteiger partial charge is 0.455 e. The van der Waals surface area contributed by atoms with E-state index < -0.39 is 0 Å². The first-order chi connectivity index (χ1) is 23.2. The van der Waals surface area contributed by atoms with Gasteiger partial charge in [0.2, 0.25) is 0 Å². The van der Waals surface area contributed by atoms with Crippen LogP contribution in [-0.4, -0.2) is 11.5 Å². The Labute approximate surface area is 274 Å². The van der Waals surface area contributed by atoms with E-state index in [0.29, 0.717) is 12.4 Å². The second-order valence-corrected chi connectivity index (χ2v) is 11.8. The Bertz CT molecular complexity index is 2400. The van der Waals surface area contributed by atoms with Crippen LogP contribution in [0.2, 0.25) is 0 Å². The van der Waals surface area contributed by atoms with E-state index in [2.05, 4.69) is 146 Å². The van der Waals surface area contributed by atoms with Crippen LogP contribution >= 0.6 is 0 Å². The first-order valence-corrected chi connectivity index (χ1v) is 16.0. The molecule has 47 heavy (non-hydrogen) atoms. The van der Waals surface area contributed by atoms with Crippen molar-refractivity contribution >= 4 is 44.3 Å². The number of aliphatic imine (C=N–C) groups is 2. The van der Waals surface area contributed by atoms with Gasteiger partial charge >= 0.3 is 0 Å². The highest BCUT2D eigenvalue weighted by molar-refractivity contribution is 6.26. The lowest BCUT2D eigenvalue weighted by Gasteiger charge is -2.10. The molecule has 3 heteroatoms. The third kappa shape index (κ3) is 5.53. The van der Waals surface area contributed by atoms with E-state index in [1.54, 1.807) is 0 Å². The smallest absolute Gasteiger partial charge is 0.155 e. The molecule has 0 aliphatic heterocycles. The second kappa shape index (κ2) is 12.4. The molecule has 0 saturated carbocycles.